The van der Waals surface area contributed by atoms with E-state index in [9.17, 15) is 4.79 Å². The van der Waals surface area contributed by atoms with E-state index in [1.54, 1.807) is 0 Å². The molecule has 1 heterocycles. The minimum atomic E-state index is -0.172. The highest BCUT2D eigenvalue weighted by Gasteiger charge is 2.10. The molecule has 1 aliphatic rings. The number of anilines is 2. The van der Waals surface area contributed by atoms with Crippen LogP contribution in [0.3, 0.4) is 0 Å². The Labute approximate surface area is 111 Å². The van der Waals surface area contributed by atoms with Gasteiger partial charge in [0.25, 0.3) is 0 Å². The van der Waals surface area contributed by atoms with E-state index in [-0.39, 0.29) is 11.8 Å². The third-order valence-corrected chi connectivity index (χ3v) is 3.83. The van der Waals surface area contributed by atoms with Crippen molar-refractivity contribution in [2.24, 2.45) is 0 Å². The van der Waals surface area contributed by atoms with Crippen molar-refractivity contribution in [2.45, 2.75) is 0 Å². The lowest BCUT2D eigenvalue weighted by Gasteiger charge is -2.28. The molecule has 0 aromatic heterocycles. The molecule has 0 aliphatic carbocycles. The number of rotatable bonds is 3. The first-order chi connectivity index (χ1) is 8.29. The van der Waals surface area contributed by atoms with Crippen LogP contribution in [-0.2, 0) is 4.79 Å². The summed E-state index contributed by atoms with van der Waals surface area (Å²) in [6.07, 6.45) is 0. The SMILES string of the molecule is O=C(CCl)Nc1ccc(N2CCSCC2)cc1. The Morgan fingerprint density at radius 3 is 2.53 bits per heavy atom. The highest BCUT2D eigenvalue weighted by atomic mass is 35.5. The summed E-state index contributed by atoms with van der Waals surface area (Å²) in [4.78, 5) is 13.5. The van der Waals surface area contributed by atoms with Gasteiger partial charge in [-0.25, -0.2) is 0 Å². The lowest BCUT2D eigenvalue weighted by molar-refractivity contribution is -0.113. The molecule has 1 fully saturated rings. The fourth-order valence-corrected chi connectivity index (χ4v) is 2.74. The molecule has 3 nitrogen and oxygen atoms in total. The Balaban J connectivity index is 1.99. The maximum atomic E-state index is 11.1. The Bertz CT molecular complexity index is 377. The molecular formula is C12H15ClN2OS. The zero-order chi connectivity index (χ0) is 12.1. The van der Waals surface area contributed by atoms with Gasteiger partial charge in [-0.1, -0.05) is 0 Å². The van der Waals surface area contributed by atoms with E-state index in [0.29, 0.717) is 0 Å². The molecule has 0 saturated carbocycles. The smallest absolute Gasteiger partial charge is 0.239 e. The van der Waals surface area contributed by atoms with Gasteiger partial charge in [0.15, 0.2) is 0 Å². The summed E-state index contributed by atoms with van der Waals surface area (Å²) in [5.74, 6) is 2.19. The van der Waals surface area contributed by atoms with Crippen molar-refractivity contribution < 1.29 is 4.79 Å². The second-order valence-electron chi connectivity index (χ2n) is 3.83. The van der Waals surface area contributed by atoms with E-state index in [1.807, 2.05) is 36.0 Å². The number of nitrogens with one attached hydrogen (secondary N) is 1. The molecule has 1 aliphatic heterocycles. The van der Waals surface area contributed by atoms with Crippen LogP contribution < -0.4 is 10.2 Å². The van der Waals surface area contributed by atoms with E-state index in [2.05, 4.69) is 10.2 Å². The van der Waals surface area contributed by atoms with E-state index in [4.69, 9.17) is 11.6 Å². The predicted molar refractivity (Wildman–Crippen MR) is 75.3 cm³/mol. The summed E-state index contributed by atoms with van der Waals surface area (Å²) in [7, 11) is 0. The molecule has 5 heteroatoms. The van der Waals surface area contributed by atoms with Crippen LogP contribution in [0.15, 0.2) is 24.3 Å². The van der Waals surface area contributed by atoms with E-state index in [1.165, 1.54) is 17.2 Å². The van der Waals surface area contributed by atoms with Crippen LogP contribution >= 0.6 is 23.4 Å². The molecule has 1 saturated heterocycles. The second-order valence-corrected chi connectivity index (χ2v) is 5.32. The monoisotopic (exact) mass is 270 g/mol. The van der Waals surface area contributed by atoms with Gasteiger partial charge >= 0.3 is 0 Å². The number of thioether (sulfide) groups is 1. The molecule has 1 aromatic carbocycles. The quantitative estimate of drug-likeness (QED) is 0.856. The van der Waals surface area contributed by atoms with Crippen molar-refractivity contribution in [3.8, 4) is 0 Å². The Morgan fingerprint density at radius 1 is 1.29 bits per heavy atom. The van der Waals surface area contributed by atoms with Gasteiger partial charge in [0.05, 0.1) is 0 Å². The zero-order valence-electron chi connectivity index (χ0n) is 9.49. The van der Waals surface area contributed by atoms with Crippen LogP contribution in [0.5, 0.6) is 0 Å². The molecule has 0 unspecified atom stereocenters. The first-order valence-electron chi connectivity index (χ1n) is 5.58. The van der Waals surface area contributed by atoms with Crippen molar-refractivity contribution >= 4 is 40.6 Å². The van der Waals surface area contributed by atoms with Gasteiger partial charge in [0.2, 0.25) is 5.91 Å². The molecule has 1 N–H and O–H groups in total. The van der Waals surface area contributed by atoms with E-state index in [0.717, 1.165) is 18.8 Å². The normalized spacial score (nSPS) is 15.7. The standard InChI is InChI=1S/C12H15ClN2OS/c13-9-12(16)14-10-1-3-11(4-2-10)15-5-7-17-8-6-15/h1-4H,5-9H2,(H,14,16). The number of amides is 1. The lowest BCUT2D eigenvalue weighted by atomic mass is 10.2. The first kappa shape index (κ1) is 12.6. The summed E-state index contributed by atoms with van der Waals surface area (Å²) >= 11 is 7.43. The molecular weight excluding hydrogens is 256 g/mol. The van der Waals surface area contributed by atoms with Crippen molar-refractivity contribution in [2.75, 3.05) is 40.7 Å². The molecule has 1 aromatic rings. The first-order valence-corrected chi connectivity index (χ1v) is 7.27. The summed E-state index contributed by atoms with van der Waals surface area (Å²) in [5.41, 5.74) is 2.01. The summed E-state index contributed by atoms with van der Waals surface area (Å²) in [6.45, 7) is 2.19. The Hall–Kier alpha value is -0.870. The maximum Gasteiger partial charge on any atom is 0.239 e. The molecule has 2 rings (SSSR count). The fraction of sp³-hybridized carbons (Fsp3) is 0.417. The van der Waals surface area contributed by atoms with E-state index >= 15 is 0 Å². The highest BCUT2D eigenvalue weighted by molar-refractivity contribution is 7.99. The van der Waals surface area contributed by atoms with Crippen LogP contribution in [0.25, 0.3) is 0 Å². The second kappa shape index (κ2) is 6.17. The number of hydrogen-bond acceptors (Lipinski definition) is 3. The molecule has 92 valence electrons. The van der Waals surface area contributed by atoms with Crippen LogP contribution in [0.2, 0.25) is 0 Å². The third-order valence-electron chi connectivity index (χ3n) is 2.65. The largest absolute Gasteiger partial charge is 0.370 e. The van der Waals surface area contributed by atoms with Gasteiger partial charge in [0.1, 0.15) is 5.88 Å². The Morgan fingerprint density at radius 2 is 1.94 bits per heavy atom. The van der Waals surface area contributed by atoms with Gasteiger partial charge < -0.3 is 10.2 Å². The molecule has 1 amide bonds. The molecule has 0 atom stereocenters. The Kier molecular flexibility index (Phi) is 4.57. The maximum absolute atomic E-state index is 11.1. The molecule has 0 radical (unpaired) electrons. The van der Waals surface area contributed by atoms with Crippen molar-refractivity contribution in [1.29, 1.82) is 0 Å². The number of benzene rings is 1. The number of halogens is 1. The van der Waals surface area contributed by atoms with Crippen molar-refractivity contribution in [1.82, 2.24) is 0 Å². The summed E-state index contributed by atoms with van der Waals surface area (Å²) in [5, 5.41) is 2.73. The predicted octanol–water partition coefficient (Wildman–Crippen LogP) is 2.42. The highest BCUT2D eigenvalue weighted by Crippen LogP contribution is 2.21. The summed E-state index contributed by atoms with van der Waals surface area (Å²) < 4.78 is 0. The van der Waals surface area contributed by atoms with Gasteiger partial charge in [0, 0.05) is 36.0 Å². The average Bonchev–Trinajstić information content (AvgIpc) is 2.40. The summed E-state index contributed by atoms with van der Waals surface area (Å²) in [6, 6.07) is 7.92. The fourth-order valence-electron chi connectivity index (χ4n) is 1.77. The molecule has 0 bridgehead atoms. The minimum Gasteiger partial charge on any atom is -0.370 e. The number of hydrogen-bond donors (Lipinski definition) is 1. The average molecular weight is 271 g/mol. The van der Waals surface area contributed by atoms with Crippen molar-refractivity contribution in [3.05, 3.63) is 24.3 Å². The number of carbonyl (C=O) groups is 1. The van der Waals surface area contributed by atoms with Crippen molar-refractivity contribution in [3.63, 3.8) is 0 Å². The van der Waals surface area contributed by atoms with E-state index < -0.39 is 0 Å². The third kappa shape index (κ3) is 3.54. The van der Waals surface area contributed by atoms with Crippen LogP contribution in [0.4, 0.5) is 11.4 Å². The number of alkyl halides is 1. The topological polar surface area (TPSA) is 32.3 Å². The lowest BCUT2D eigenvalue weighted by Crippen LogP contribution is -2.32. The van der Waals surface area contributed by atoms with Gasteiger partial charge in [-0.15, -0.1) is 11.6 Å². The molecule has 0 spiro atoms. The molecule has 17 heavy (non-hydrogen) atoms. The van der Waals surface area contributed by atoms with Crippen LogP contribution in [-0.4, -0.2) is 36.4 Å². The van der Waals surface area contributed by atoms with Gasteiger partial charge in [-0.3, -0.25) is 4.79 Å². The minimum absolute atomic E-state index is 0.00883. The van der Waals surface area contributed by atoms with Gasteiger partial charge in [-0.05, 0) is 24.3 Å². The van der Waals surface area contributed by atoms with Gasteiger partial charge in [-0.2, -0.15) is 11.8 Å². The van der Waals surface area contributed by atoms with Crippen LogP contribution in [0, 0.1) is 0 Å². The number of carbonyl (C=O) groups excluding carboxylic acids is 1. The zero-order valence-corrected chi connectivity index (χ0v) is 11.1. The number of nitrogens with zero attached hydrogens (tertiary/aromatic N) is 1. The van der Waals surface area contributed by atoms with Crippen LogP contribution in [0.1, 0.15) is 0 Å².